The summed E-state index contributed by atoms with van der Waals surface area (Å²) in [5.41, 5.74) is 15.6. The van der Waals surface area contributed by atoms with Gasteiger partial charge in [-0.05, 0) is 130 Å². The standard InChI is InChI=1S/C55H37N3O/c56-38-39-15-27-47(28-16-39)58(51-35-36-55-53(37-51)52-13-7-8-14-54(52)59-55)50-33-25-45(26-34-50)44-23-31-49(32-24-44)57(46-11-5-2-6-12-46)48-29-21-43(22-30-48)42-19-17-41(18-20-42)40-9-3-1-4-10-40/h1-37H. The maximum absolute atomic E-state index is 9.51. The molecule has 0 N–H and O–H groups in total. The Kier molecular flexibility index (Phi) is 9.23. The van der Waals surface area contributed by atoms with E-state index in [-0.39, 0.29) is 0 Å². The summed E-state index contributed by atoms with van der Waals surface area (Å²) >= 11 is 0. The van der Waals surface area contributed by atoms with Crippen molar-refractivity contribution in [1.82, 2.24) is 0 Å². The molecule has 0 fully saturated rings. The summed E-state index contributed by atoms with van der Waals surface area (Å²) in [6, 6.07) is 80.4. The molecule has 0 aliphatic heterocycles. The lowest BCUT2D eigenvalue weighted by atomic mass is 10.00. The van der Waals surface area contributed by atoms with Crippen LogP contribution in [0.2, 0.25) is 0 Å². The molecule has 10 aromatic rings. The van der Waals surface area contributed by atoms with Gasteiger partial charge in [0.1, 0.15) is 11.2 Å². The molecule has 0 aliphatic carbocycles. The highest BCUT2D eigenvalue weighted by molar-refractivity contribution is 6.06. The Morgan fingerprint density at radius 2 is 0.661 bits per heavy atom. The fraction of sp³-hybridized carbons (Fsp3) is 0. The van der Waals surface area contributed by atoms with Gasteiger partial charge in [0, 0.05) is 44.9 Å². The Morgan fingerprint density at radius 1 is 0.305 bits per heavy atom. The van der Waals surface area contributed by atoms with Crippen LogP contribution < -0.4 is 9.80 Å². The van der Waals surface area contributed by atoms with Crippen molar-refractivity contribution in [2.75, 3.05) is 9.80 Å². The highest BCUT2D eigenvalue weighted by atomic mass is 16.3. The van der Waals surface area contributed by atoms with Crippen molar-refractivity contribution in [1.29, 1.82) is 5.26 Å². The van der Waals surface area contributed by atoms with Crippen LogP contribution in [-0.4, -0.2) is 0 Å². The molecule has 0 saturated heterocycles. The summed E-state index contributed by atoms with van der Waals surface area (Å²) in [7, 11) is 0. The van der Waals surface area contributed by atoms with Crippen LogP contribution >= 0.6 is 0 Å². The first-order valence-electron chi connectivity index (χ1n) is 19.7. The van der Waals surface area contributed by atoms with Gasteiger partial charge in [-0.15, -0.1) is 0 Å². The molecule has 4 nitrogen and oxygen atoms in total. The molecule has 9 aromatic carbocycles. The zero-order chi connectivity index (χ0) is 39.5. The Hall–Kier alpha value is -8.13. The number of rotatable bonds is 9. The predicted molar refractivity (Wildman–Crippen MR) is 244 cm³/mol. The van der Waals surface area contributed by atoms with Gasteiger partial charge < -0.3 is 14.2 Å². The van der Waals surface area contributed by atoms with E-state index in [0.29, 0.717) is 5.56 Å². The van der Waals surface area contributed by atoms with E-state index < -0.39 is 0 Å². The van der Waals surface area contributed by atoms with Crippen molar-refractivity contribution < 1.29 is 4.42 Å². The van der Waals surface area contributed by atoms with Gasteiger partial charge in [0.05, 0.1) is 11.6 Å². The minimum Gasteiger partial charge on any atom is -0.456 e. The zero-order valence-electron chi connectivity index (χ0n) is 32.1. The zero-order valence-corrected chi connectivity index (χ0v) is 32.1. The molecule has 10 rings (SSSR count). The van der Waals surface area contributed by atoms with E-state index in [1.807, 2.05) is 54.6 Å². The normalized spacial score (nSPS) is 11.0. The molecule has 0 unspecified atom stereocenters. The lowest BCUT2D eigenvalue weighted by Gasteiger charge is -2.26. The third-order valence-electron chi connectivity index (χ3n) is 10.9. The summed E-state index contributed by atoms with van der Waals surface area (Å²) < 4.78 is 6.15. The number of nitrogens with zero attached hydrogens (tertiary/aromatic N) is 3. The van der Waals surface area contributed by atoms with E-state index >= 15 is 0 Å². The quantitative estimate of drug-likeness (QED) is 0.147. The molecule has 1 aromatic heterocycles. The highest BCUT2D eigenvalue weighted by Gasteiger charge is 2.17. The molecular formula is C55H37N3O. The van der Waals surface area contributed by atoms with Gasteiger partial charge in [-0.3, -0.25) is 0 Å². The number of fused-ring (bicyclic) bond motifs is 3. The Bertz CT molecular complexity index is 3060. The minimum absolute atomic E-state index is 0.622. The number of benzene rings is 9. The number of para-hydroxylation sites is 2. The fourth-order valence-corrected chi connectivity index (χ4v) is 7.90. The van der Waals surface area contributed by atoms with Crippen molar-refractivity contribution in [2.45, 2.75) is 0 Å². The minimum atomic E-state index is 0.622. The lowest BCUT2D eigenvalue weighted by Crippen LogP contribution is -2.10. The summed E-state index contributed by atoms with van der Waals surface area (Å²) in [5, 5.41) is 11.6. The van der Waals surface area contributed by atoms with Crippen LogP contribution in [-0.2, 0) is 0 Å². The number of furan rings is 1. The second-order valence-corrected chi connectivity index (χ2v) is 14.5. The Morgan fingerprint density at radius 3 is 1.17 bits per heavy atom. The Labute approximate surface area is 343 Å². The van der Waals surface area contributed by atoms with Gasteiger partial charge in [-0.2, -0.15) is 5.26 Å². The van der Waals surface area contributed by atoms with Crippen LogP contribution in [0.1, 0.15) is 5.56 Å². The first kappa shape index (κ1) is 35.3. The third-order valence-corrected chi connectivity index (χ3v) is 10.9. The highest BCUT2D eigenvalue weighted by Crippen LogP contribution is 2.41. The van der Waals surface area contributed by atoms with E-state index in [1.54, 1.807) is 0 Å². The van der Waals surface area contributed by atoms with Crippen LogP contribution in [0.25, 0.3) is 55.3 Å². The average Bonchev–Trinajstić information content (AvgIpc) is 3.69. The first-order valence-corrected chi connectivity index (χ1v) is 19.7. The molecule has 278 valence electrons. The molecule has 59 heavy (non-hydrogen) atoms. The molecule has 0 spiro atoms. The number of hydrogen-bond donors (Lipinski definition) is 0. The maximum atomic E-state index is 9.51. The molecule has 4 heteroatoms. The molecule has 0 radical (unpaired) electrons. The second-order valence-electron chi connectivity index (χ2n) is 14.5. The van der Waals surface area contributed by atoms with Crippen LogP contribution in [0.4, 0.5) is 34.1 Å². The predicted octanol–water partition coefficient (Wildman–Crippen LogP) is 15.4. The van der Waals surface area contributed by atoms with Gasteiger partial charge in [-0.1, -0.05) is 127 Å². The van der Waals surface area contributed by atoms with Gasteiger partial charge in [-0.25, -0.2) is 0 Å². The van der Waals surface area contributed by atoms with Gasteiger partial charge in [0.2, 0.25) is 0 Å². The third kappa shape index (κ3) is 6.99. The van der Waals surface area contributed by atoms with Crippen molar-refractivity contribution in [3.05, 3.63) is 230 Å². The van der Waals surface area contributed by atoms with E-state index in [9.17, 15) is 5.26 Å². The SMILES string of the molecule is N#Cc1ccc(N(c2ccc(-c3ccc(N(c4ccccc4)c4ccc(-c5ccc(-c6ccccc6)cc5)cc4)cc3)cc2)c2ccc3oc4ccccc4c3c2)cc1. The maximum Gasteiger partial charge on any atom is 0.135 e. The van der Waals surface area contributed by atoms with E-state index in [1.165, 1.54) is 22.3 Å². The molecule has 0 saturated carbocycles. The largest absolute Gasteiger partial charge is 0.456 e. The molecule has 1 heterocycles. The summed E-state index contributed by atoms with van der Waals surface area (Å²) in [5.74, 6) is 0. The summed E-state index contributed by atoms with van der Waals surface area (Å²) in [6.07, 6.45) is 0. The van der Waals surface area contributed by atoms with Crippen molar-refractivity contribution in [3.63, 3.8) is 0 Å². The van der Waals surface area contributed by atoms with Crippen LogP contribution in [0.5, 0.6) is 0 Å². The summed E-state index contributed by atoms with van der Waals surface area (Å²) in [4.78, 5) is 4.52. The van der Waals surface area contributed by atoms with Crippen molar-refractivity contribution >= 4 is 56.1 Å². The van der Waals surface area contributed by atoms with Crippen LogP contribution in [0, 0.1) is 11.3 Å². The number of anilines is 6. The number of hydrogen-bond acceptors (Lipinski definition) is 4. The smallest absolute Gasteiger partial charge is 0.135 e. The van der Waals surface area contributed by atoms with E-state index in [2.05, 4.69) is 186 Å². The van der Waals surface area contributed by atoms with Crippen molar-refractivity contribution in [2.24, 2.45) is 0 Å². The van der Waals surface area contributed by atoms with Gasteiger partial charge in [0.25, 0.3) is 0 Å². The molecular weight excluding hydrogens is 719 g/mol. The Balaban J connectivity index is 0.941. The van der Waals surface area contributed by atoms with Crippen LogP contribution in [0.15, 0.2) is 229 Å². The average molecular weight is 756 g/mol. The van der Waals surface area contributed by atoms with Gasteiger partial charge in [0.15, 0.2) is 0 Å². The number of nitriles is 1. The summed E-state index contributed by atoms with van der Waals surface area (Å²) in [6.45, 7) is 0. The molecule has 0 bridgehead atoms. The monoisotopic (exact) mass is 755 g/mol. The molecule has 0 amide bonds. The van der Waals surface area contributed by atoms with Crippen molar-refractivity contribution in [3.8, 4) is 39.4 Å². The van der Waals surface area contributed by atoms with Crippen LogP contribution in [0.3, 0.4) is 0 Å². The van der Waals surface area contributed by atoms with Gasteiger partial charge >= 0.3 is 0 Å². The fourth-order valence-electron chi connectivity index (χ4n) is 7.90. The molecule has 0 aliphatic rings. The lowest BCUT2D eigenvalue weighted by molar-refractivity contribution is 0.669. The first-order chi connectivity index (χ1) is 29.2. The topological polar surface area (TPSA) is 43.4 Å². The molecule has 0 atom stereocenters. The van der Waals surface area contributed by atoms with E-state index in [0.717, 1.165) is 67.2 Å². The second kappa shape index (κ2) is 15.4. The van der Waals surface area contributed by atoms with E-state index in [4.69, 9.17) is 4.42 Å².